The summed E-state index contributed by atoms with van der Waals surface area (Å²) in [6.45, 7) is 0. The summed E-state index contributed by atoms with van der Waals surface area (Å²) < 4.78 is 26.5. The molecule has 2 aromatic carbocycles. The summed E-state index contributed by atoms with van der Waals surface area (Å²) in [6, 6.07) is 17.3. The molecule has 0 fully saturated rings. The minimum atomic E-state index is -0.414. The van der Waals surface area contributed by atoms with Gasteiger partial charge >= 0.3 is 0 Å². The van der Waals surface area contributed by atoms with Gasteiger partial charge in [-0.3, -0.25) is 19.6 Å². The van der Waals surface area contributed by atoms with Crippen molar-refractivity contribution < 1.29 is 45.7 Å². The molecular weight excluding hydrogens is 662 g/mol. The topological polar surface area (TPSA) is 175 Å². The summed E-state index contributed by atoms with van der Waals surface area (Å²) in [5.41, 5.74) is 6.90. The molecule has 2 amide bonds. The number of nitrogens with one attached hydrogen (secondary N) is 2. The SMILES string of the molecule is O=C(N/N=C/c1cc2cc(F)ccc2nc1O)c1ccncc1.O=C(N/N=C/c1cc2cc(F)ccc2nc1O)c1ccncc1.[Cu]. The standard InChI is InChI=1S/2C16H11FN4O2.Cu/c2*17-13-1-2-14-11(8-13)7-12(15(22)20-14)9-19-21-16(23)10-3-5-18-6-4-10;/h2*1-9H,(H,20,22)(H,21,23);/b2*19-9+;. The Bertz CT molecular complexity index is 1950. The Balaban J connectivity index is 0.000000208. The maximum Gasteiger partial charge on any atom is 0.271 e. The van der Waals surface area contributed by atoms with E-state index in [4.69, 9.17) is 0 Å². The number of halogens is 2. The normalized spacial score (nSPS) is 10.8. The summed E-state index contributed by atoms with van der Waals surface area (Å²) in [5.74, 6) is -2.15. The molecule has 47 heavy (non-hydrogen) atoms. The van der Waals surface area contributed by atoms with Crippen LogP contribution in [-0.2, 0) is 17.1 Å². The van der Waals surface area contributed by atoms with Crippen molar-refractivity contribution in [1.29, 1.82) is 0 Å². The number of aromatic nitrogens is 4. The molecule has 0 aliphatic carbocycles. The fourth-order valence-electron chi connectivity index (χ4n) is 3.95. The zero-order chi connectivity index (χ0) is 32.5. The van der Waals surface area contributed by atoms with E-state index in [0.29, 0.717) is 32.9 Å². The van der Waals surface area contributed by atoms with E-state index in [1.165, 1.54) is 85.7 Å². The number of nitrogens with zero attached hydrogens (tertiary/aromatic N) is 6. The van der Waals surface area contributed by atoms with Gasteiger partial charge in [-0.2, -0.15) is 10.2 Å². The largest absolute Gasteiger partial charge is 0.493 e. The van der Waals surface area contributed by atoms with Gasteiger partial charge in [-0.15, -0.1) is 0 Å². The van der Waals surface area contributed by atoms with E-state index >= 15 is 0 Å². The van der Waals surface area contributed by atoms with Crippen LogP contribution in [0.1, 0.15) is 31.8 Å². The first-order valence-electron chi connectivity index (χ1n) is 13.3. The van der Waals surface area contributed by atoms with E-state index in [-0.39, 0.29) is 40.0 Å². The van der Waals surface area contributed by atoms with Gasteiger partial charge in [0.05, 0.1) is 34.6 Å². The van der Waals surface area contributed by atoms with Gasteiger partial charge in [-0.25, -0.2) is 29.6 Å². The van der Waals surface area contributed by atoms with E-state index < -0.39 is 23.4 Å². The van der Waals surface area contributed by atoms with Crippen LogP contribution < -0.4 is 10.9 Å². The van der Waals surface area contributed by atoms with Crippen molar-refractivity contribution >= 4 is 46.0 Å². The Morgan fingerprint density at radius 2 is 1.00 bits per heavy atom. The number of carbonyl (C=O) groups is 2. The van der Waals surface area contributed by atoms with Crippen molar-refractivity contribution in [3.05, 3.63) is 131 Å². The van der Waals surface area contributed by atoms with Crippen LogP contribution >= 0.6 is 0 Å². The van der Waals surface area contributed by atoms with Crippen molar-refractivity contribution in [2.75, 3.05) is 0 Å². The molecule has 1 radical (unpaired) electrons. The number of pyridine rings is 4. The van der Waals surface area contributed by atoms with Crippen molar-refractivity contribution in [3.63, 3.8) is 0 Å². The van der Waals surface area contributed by atoms with Gasteiger partial charge in [-0.1, -0.05) is 0 Å². The van der Waals surface area contributed by atoms with Gasteiger partial charge in [0.2, 0.25) is 11.8 Å². The molecule has 4 N–H and O–H groups in total. The number of aromatic hydroxyl groups is 2. The second-order valence-electron chi connectivity index (χ2n) is 9.35. The average molecular weight is 684 g/mol. The maximum atomic E-state index is 13.2. The molecule has 0 unspecified atom stereocenters. The predicted octanol–water partition coefficient (Wildman–Crippen LogP) is 4.47. The van der Waals surface area contributed by atoms with Crippen LogP contribution in [0.3, 0.4) is 0 Å². The van der Waals surface area contributed by atoms with Gasteiger partial charge < -0.3 is 10.2 Å². The maximum absolute atomic E-state index is 13.2. The second kappa shape index (κ2) is 15.7. The molecule has 12 nitrogen and oxygen atoms in total. The van der Waals surface area contributed by atoms with Crippen LogP contribution in [0.4, 0.5) is 8.78 Å². The van der Waals surface area contributed by atoms with Crippen LogP contribution in [0, 0.1) is 11.6 Å². The number of hydrogen-bond donors (Lipinski definition) is 4. The quantitative estimate of drug-likeness (QED) is 0.113. The van der Waals surface area contributed by atoms with Gasteiger partial charge in [0.1, 0.15) is 11.6 Å². The van der Waals surface area contributed by atoms with E-state index in [1.54, 1.807) is 24.3 Å². The first-order valence-corrected chi connectivity index (χ1v) is 13.3. The Labute approximate surface area is 275 Å². The van der Waals surface area contributed by atoms with Crippen LogP contribution in [0.5, 0.6) is 11.8 Å². The summed E-state index contributed by atoms with van der Waals surface area (Å²) in [6.07, 6.45) is 8.45. The summed E-state index contributed by atoms with van der Waals surface area (Å²) in [7, 11) is 0. The smallest absolute Gasteiger partial charge is 0.271 e. The number of rotatable bonds is 6. The fraction of sp³-hybridized carbons (Fsp3) is 0. The van der Waals surface area contributed by atoms with Gasteiger partial charge in [0.25, 0.3) is 11.8 Å². The van der Waals surface area contributed by atoms with Crippen molar-refractivity contribution in [2.24, 2.45) is 10.2 Å². The third-order valence-corrected chi connectivity index (χ3v) is 6.19. The molecule has 0 bridgehead atoms. The molecule has 4 heterocycles. The molecule has 15 heteroatoms. The van der Waals surface area contributed by atoms with Gasteiger partial charge in [0.15, 0.2) is 0 Å². The number of hydrogen-bond acceptors (Lipinski definition) is 10. The van der Waals surface area contributed by atoms with Crippen LogP contribution in [0.2, 0.25) is 0 Å². The molecule has 0 saturated heterocycles. The molecule has 0 aliphatic rings. The number of fused-ring (bicyclic) bond motifs is 2. The van der Waals surface area contributed by atoms with E-state index in [9.17, 15) is 28.6 Å². The number of carbonyl (C=O) groups excluding carboxylic acids is 2. The molecule has 0 aliphatic heterocycles. The Morgan fingerprint density at radius 3 is 1.38 bits per heavy atom. The molecule has 6 rings (SSSR count). The molecule has 6 aromatic rings. The molecular formula is C32H22CuF2N8O4. The summed E-state index contributed by atoms with van der Waals surface area (Å²) in [5, 5.41) is 28.3. The van der Waals surface area contributed by atoms with E-state index in [1.807, 2.05) is 0 Å². The third-order valence-electron chi connectivity index (χ3n) is 6.19. The summed E-state index contributed by atoms with van der Waals surface area (Å²) in [4.78, 5) is 39.1. The number of hydrazone groups is 2. The number of amides is 2. The molecule has 0 atom stereocenters. The Morgan fingerprint density at radius 1 is 0.617 bits per heavy atom. The monoisotopic (exact) mass is 683 g/mol. The molecule has 239 valence electrons. The van der Waals surface area contributed by atoms with Gasteiger partial charge in [0, 0.05) is 63.8 Å². The van der Waals surface area contributed by atoms with Crippen molar-refractivity contribution in [3.8, 4) is 11.8 Å². The van der Waals surface area contributed by atoms with Crippen molar-refractivity contribution in [2.45, 2.75) is 0 Å². The average Bonchev–Trinajstić information content (AvgIpc) is 3.06. The molecule has 0 saturated carbocycles. The fourth-order valence-corrected chi connectivity index (χ4v) is 3.95. The Hall–Kier alpha value is -6.18. The first-order chi connectivity index (χ1) is 22.3. The predicted molar refractivity (Wildman–Crippen MR) is 165 cm³/mol. The van der Waals surface area contributed by atoms with Crippen LogP contribution in [-0.4, -0.2) is 54.4 Å². The van der Waals surface area contributed by atoms with Crippen LogP contribution in [0.25, 0.3) is 21.8 Å². The zero-order valence-electron chi connectivity index (χ0n) is 23.8. The van der Waals surface area contributed by atoms with Crippen LogP contribution in [0.15, 0.2) is 108 Å². The number of benzene rings is 2. The molecule has 4 aromatic heterocycles. The Kier molecular flexibility index (Phi) is 11.3. The second-order valence-corrected chi connectivity index (χ2v) is 9.35. The summed E-state index contributed by atoms with van der Waals surface area (Å²) >= 11 is 0. The third kappa shape index (κ3) is 8.94. The molecule has 0 spiro atoms. The van der Waals surface area contributed by atoms with Gasteiger partial charge in [-0.05, 0) is 72.8 Å². The van der Waals surface area contributed by atoms with E-state index in [0.717, 1.165) is 0 Å². The van der Waals surface area contributed by atoms with E-state index in [2.05, 4.69) is 41.0 Å². The van der Waals surface area contributed by atoms with Crippen molar-refractivity contribution in [1.82, 2.24) is 30.8 Å². The zero-order valence-corrected chi connectivity index (χ0v) is 24.8. The minimum Gasteiger partial charge on any atom is -0.493 e. The minimum absolute atomic E-state index is 0. The first kappa shape index (κ1) is 33.7.